The van der Waals surface area contributed by atoms with Crippen LogP contribution < -0.4 is 4.90 Å². The molecule has 2 fully saturated rings. The summed E-state index contributed by atoms with van der Waals surface area (Å²) < 4.78 is 0. The first kappa shape index (κ1) is 14.4. The average molecular weight is 288 g/mol. The van der Waals surface area contributed by atoms with E-state index >= 15 is 0 Å². The lowest BCUT2D eigenvalue weighted by molar-refractivity contribution is -0.0300. The van der Waals surface area contributed by atoms with Gasteiger partial charge in [0.1, 0.15) is 0 Å². The fourth-order valence-corrected chi connectivity index (χ4v) is 3.84. The smallest absolute Gasteiger partial charge is 0.254 e. The molecule has 2 bridgehead atoms. The minimum Gasteiger partial charge on any atom is -0.390 e. The predicted octanol–water partition coefficient (Wildman–Crippen LogP) is 2.27. The average Bonchev–Trinajstić information content (AvgIpc) is 2.71. The molecule has 2 aliphatic rings. The molecular weight excluding hydrogens is 264 g/mol. The molecule has 1 N–H and O–H groups in total. The van der Waals surface area contributed by atoms with E-state index in [0.717, 1.165) is 24.1 Å². The summed E-state index contributed by atoms with van der Waals surface area (Å²) in [6, 6.07) is 8.16. The number of rotatable bonds is 2. The lowest BCUT2D eigenvalue weighted by Gasteiger charge is -2.42. The number of carbonyl (C=O) groups is 1. The highest BCUT2D eigenvalue weighted by Crippen LogP contribution is 2.41. The quantitative estimate of drug-likeness (QED) is 0.908. The highest BCUT2D eigenvalue weighted by Gasteiger charge is 2.47. The number of fused-ring (bicyclic) bond motifs is 2. The maximum absolute atomic E-state index is 12.8. The molecule has 2 heterocycles. The molecular formula is C17H24N2O2. The van der Waals surface area contributed by atoms with Gasteiger partial charge in [-0.15, -0.1) is 0 Å². The van der Waals surface area contributed by atoms with E-state index < -0.39 is 5.60 Å². The van der Waals surface area contributed by atoms with E-state index in [2.05, 4.69) is 0 Å². The van der Waals surface area contributed by atoms with Gasteiger partial charge in [-0.2, -0.15) is 0 Å². The van der Waals surface area contributed by atoms with Gasteiger partial charge in [-0.1, -0.05) is 0 Å². The van der Waals surface area contributed by atoms with Crippen LogP contribution in [-0.2, 0) is 0 Å². The monoisotopic (exact) mass is 288 g/mol. The van der Waals surface area contributed by atoms with E-state index in [1.807, 2.05) is 55.1 Å². The van der Waals surface area contributed by atoms with Gasteiger partial charge in [0.2, 0.25) is 0 Å². The second-order valence-electron chi connectivity index (χ2n) is 6.94. The van der Waals surface area contributed by atoms with Crippen LogP contribution in [0.15, 0.2) is 24.3 Å². The Labute approximate surface area is 126 Å². The van der Waals surface area contributed by atoms with Crippen molar-refractivity contribution in [1.82, 2.24) is 4.90 Å². The van der Waals surface area contributed by atoms with Crippen molar-refractivity contribution in [3.8, 4) is 0 Å². The van der Waals surface area contributed by atoms with Gasteiger partial charge in [0, 0.05) is 37.4 Å². The van der Waals surface area contributed by atoms with E-state index in [1.165, 1.54) is 0 Å². The van der Waals surface area contributed by atoms with Gasteiger partial charge in [-0.3, -0.25) is 4.79 Å². The number of benzene rings is 1. The van der Waals surface area contributed by atoms with E-state index in [-0.39, 0.29) is 18.0 Å². The zero-order chi connectivity index (χ0) is 15.2. The third-order valence-corrected chi connectivity index (χ3v) is 4.84. The first-order valence-corrected chi connectivity index (χ1v) is 7.70. The number of hydrogen-bond acceptors (Lipinski definition) is 3. The molecule has 0 saturated carbocycles. The van der Waals surface area contributed by atoms with E-state index in [4.69, 9.17) is 0 Å². The molecule has 4 nitrogen and oxygen atoms in total. The van der Waals surface area contributed by atoms with E-state index in [0.29, 0.717) is 12.8 Å². The summed E-state index contributed by atoms with van der Waals surface area (Å²) in [7, 11) is 3.98. The zero-order valence-corrected chi connectivity index (χ0v) is 13.0. The van der Waals surface area contributed by atoms with Crippen molar-refractivity contribution in [2.75, 3.05) is 19.0 Å². The van der Waals surface area contributed by atoms with Gasteiger partial charge in [-0.05, 0) is 56.9 Å². The first-order valence-electron chi connectivity index (χ1n) is 7.70. The zero-order valence-electron chi connectivity index (χ0n) is 13.0. The summed E-state index contributed by atoms with van der Waals surface area (Å²) in [4.78, 5) is 16.8. The van der Waals surface area contributed by atoms with Crippen molar-refractivity contribution >= 4 is 11.6 Å². The molecule has 3 rings (SSSR count). The fourth-order valence-electron chi connectivity index (χ4n) is 3.84. The van der Waals surface area contributed by atoms with E-state index in [1.54, 1.807) is 0 Å². The largest absolute Gasteiger partial charge is 0.390 e. The standard InChI is InChI=1S/C17H24N2O2/c1-17(21)10-14-8-9-15(11-17)19(14)16(20)12-4-6-13(7-5-12)18(2)3/h4-7,14-15,21H,8-11H2,1-3H3. The molecule has 1 amide bonds. The lowest BCUT2D eigenvalue weighted by atomic mass is 9.87. The minimum absolute atomic E-state index is 0.114. The number of hydrogen-bond donors (Lipinski definition) is 1. The maximum Gasteiger partial charge on any atom is 0.254 e. The fraction of sp³-hybridized carbons (Fsp3) is 0.588. The van der Waals surface area contributed by atoms with Crippen LogP contribution in [-0.4, -0.2) is 47.7 Å². The molecule has 21 heavy (non-hydrogen) atoms. The Balaban J connectivity index is 1.80. The molecule has 2 atom stereocenters. The summed E-state index contributed by atoms with van der Waals surface area (Å²) >= 11 is 0. The Kier molecular flexibility index (Phi) is 3.44. The van der Waals surface area contributed by atoms with Crippen LogP contribution in [0.5, 0.6) is 0 Å². The molecule has 1 aromatic carbocycles. The molecule has 114 valence electrons. The number of aliphatic hydroxyl groups is 1. The highest BCUT2D eigenvalue weighted by atomic mass is 16.3. The third kappa shape index (κ3) is 2.64. The number of piperidine rings is 1. The Hall–Kier alpha value is -1.55. The van der Waals surface area contributed by atoms with Crippen molar-refractivity contribution in [3.05, 3.63) is 29.8 Å². The maximum atomic E-state index is 12.8. The van der Waals surface area contributed by atoms with Gasteiger partial charge in [-0.25, -0.2) is 0 Å². The van der Waals surface area contributed by atoms with Crippen LogP contribution >= 0.6 is 0 Å². The van der Waals surface area contributed by atoms with Crippen molar-refractivity contribution in [2.45, 2.75) is 50.3 Å². The molecule has 2 saturated heterocycles. The van der Waals surface area contributed by atoms with Crippen LogP contribution in [0.2, 0.25) is 0 Å². The SMILES string of the molecule is CN(C)c1ccc(C(=O)N2C3CCC2CC(C)(O)C3)cc1. The Bertz CT molecular complexity index is 520. The number of anilines is 1. The summed E-state index contributed by atoms with van der Waals surface area (Å²) in [5.41, 5.74) is 1.23. The first-order chi connectivity index (χ1) is 9.87. The summed E-state index contributed by atoms with van der Waals surface area (Å²) in [6.45, 7) is 1.89. The molecule has 2 aliphatic heterocycles. The van der Waals surface area contributed by atoms with Crippen molar-refractivity contribution < 1.29 is 9.90 Å². The van der Waals surface area contributed by atoms with Crippen LogP contribution in [0.4, 0.5) is 5.69 Å². The number of nitrogens with zero attached hydrogens (tertiary/aromatic N) is 2. The highest BCUT2D eigenvalue weighted by molar-refractivity contribution is 5.95. The Morgan fingerprint density at radius 2 is 1.71 bits per heavy atom. The predicted molar refractivity (Wildman–Crippen MR) is 83.6 cm³/mol. The molecule has 2 unspecified atom stereocenters. The second kappa shape index (κ2) is 5.02. The van der Waals surface area contributed by atoms with Gasteiger partial charge in [0.05, 0.1) is 5.60 Å². The number of amides is 1. The third-order valence-electron chi connectivity index (χ3n) is 4.84. The van der Waals surface area contributed by atoms with Gasteiger partial charge >= 0.3 is 0 Å². The number of carbonyl (C=O) groups excluding carboxylic acids is 1. The van der Waals surface area contributed by atoms with Crippen molar-refractivity contribution in [2.24, 2.45) is 0 Å². The van der Waals surface area contributed by atoms with Crippen LogP contribution in [0.3, 0.4) is 0 Å². The summed E-state index contributed by atoms with van der Waals surface area (Å²) in [5.74, 6) is 0.114. The molecule has 0 aromatic heterocycles. The van der Waals surface area contributed by atoms with E-state index in [9.17, 15) is 9.90 Å². The minimum atomic E-state index is -0.614. The Morgan fingerprint density at radius 3 is 2.19 bits per heavy atom. The molecule has 0 radical (unpaired) electrons. The van der Waals surface area contributed by atoms with Gasteiger partial charge < -0.3 is 14.9 Å². The van der Waals surface area contributed by atoms with Crippen molar-refractivity contribution in [3.63, 3.8) is 0 Å². The lowest BCUT2D eigenvalue weighted by Crippen LogP contribution is -2.52. The van der Waals surface area contributed by atoms with Crippen LogP contribution in [0.1, 0.15) is 43.0 Å². The molecule has 0 aliphatic carbocycles. The normalized spacial score (nSPS) is 31.3. The van der Waals surface area contributed by atoms with Crippen molar-refractivity contribution in [1.29, 1.82) is 0 Å². The second-order valence-corrected chi connectivity index (χ2v) is 6.94. The molecule has 4 heteroatoms. The molecule has 1 aromatic rings. The summed E-state index contributed by atoms with van der Waals surface area (Å²) in [5, 5.41) is 10.3. The van der Waals surface area contributed by atoms with Crippen LogP contribution in [0.25, 0.3) is 0 Å². The van der Waals surface area contributed by atoms with Crippen LogP contribution in [0, 0.1) is 0 Å². The van der Waals surface area contributed by atoms with Gasteiger partial charge in [0.15, 0.2) is 0 Å². The summed E-state index contributed by atoms with van der Waals surface area (Å²) in [6.07, 6.45) is 3.43. The van der Waals surface area contributed by atoms with Gasteiger partial charge in [0.25, 0.3) is 5.91 Å². The molecule has 0 spiro atoms. The Morgan fingerprint density at radius 1 is 1.19 bits per heavy atom. The topological polar surface area (TPSA) is 43.8 Å².